The minimum atomic E-state index is -0.342. The van der Waals surface area contributed by atoms with Gasteiger partial charge in [0, 0.05) is 25.2 Å². The van der Waals surface area contributed by atoms with Crippen LogP contribution in [0.15, 0.2) is 22.9 Å². The van der Waals surface area contributed by atoms with Crippen LogP contribution < -0.4 is 5.32 Å². The topological polar surface area (TPSA) is 58.6 Å². The molecular formula is C13H16N2O3S. The first-order chi connectivity index (χ1) is 9.19. The fourth-order valence-corrected chi connectivity index (χ4v) is 2.59. The van der Waals surface area contributed by atoms with Gasteiger partial charge in [-0.25, -0.2) is 4.79 Å². The maximum atomic E-state index is 11.7. The number of carbonyl (C=O) groups is 2. The number of likely N-dealkylation sites (tertiary alicyclic amines) is 1. The Morgan fingerprint density at radius 3 is 3.11 bits per heavy atom. The van der Waals surface area contributed by atoms with Crippen molar-refractivity contribution in [2.75, 3.05) is 20.2 Å². The molecule has 1 N–H and O–H groups in total. The van der Waals surface area contributed by atoms with Crippen LogP contribution >= 0.6 is 11.3 Å². The first-order valence-corrected chi connectivity index (χ1v) is 6.97. The lowest BCUT2D eigenvalue weighted by atomic mass is 10.2. The number of hydrogen-bond acceptors (Lipinski definition) is 4. The normalized spacial score (nSPS) is 18.8. The SMILES string of the molecule is COC(=O)N1CCC(NC(=O)/C=C/c2ccsc2)C1. The summed E-state index contributed by atoms with van der Waals surface area (Å²) < 4.78 is 4.65. The van der Waals surface area contributed by atoms with Crippen molar-refractivity contribution < 1.29 is 14.3 Å². The smallest absolute Gasteiger partial charge is 0.409 e. The van der Waals surface area contributed by atoms with Crippen LogP contribution in [-0.2, 0) is 9.53 Å². The van der Waals surface area contributed by atoms with E-state index in [1.165, 1.54) is 13.2 Å². The van der Waals surface area contributed by atoms with Gasteiger partial charge in [0.1, 0.15) is 0 Å². The van der Waals surface area contributed by atoms with Crippen LogP contribution in [0.3, 0.4) is 0 Å². The van der Waals surface area contributed by atoms with Crippen LogP contribution in [0.2, 0.25) is 0 Å². The van der Waals surface area contributed by atoms with E-state index in [-0.39, 0.29) is 18.0 Å². The molecule has 0 aliphatic carbocycles. The summed E-state index contributed by atoms with van der Waals surface area (Å²) >= 11 is 1.59. The average Bonchev–Trinajstić information content (AvgIpc) is 3.06. The van der Waals surface area contributed by atoms with Crippen LogP contribution in [0.5, 0.6) is 0 Å². The minimum Gasteiger partial charge on any atom is -0.453 e. The first kappa shape index (κ1) is 13.6. The molecule has 0 bridgehead atoms. The molecule has 1 atom stereocenters. The summed E-state index contributed by atoms with van der Waals surface area (Å²) in [7, 11) is 1.36. The van der Waals surface area contributed by atoms with E-state index in [4.69, 9.17) is 0 Å². The first-order valence-electron chi connectivity index (χ1n) is 6.02. The lowest BCUT2D eigenvalue weighted by molar-refractivity contribution is -0.117. The number of carbonyl (C=O) groups excluding carboxylic acids is 2. The van der Waals surface area contributed by atoms with Crippen molar-refractivity contribution in [2.24, 2.45) is 0 Å². The molecule has 102 valence electrons. The van der Waals surface area contributed by atoms with Gasteiger partial charge in [0.2, 0.25) is 5.91 Å². The number of rotatable bonds is 3. The number of nitrogens with zero attached hydrogens (tertiary/aromatic N) is 1. The predicted octanol–water partition coefficient (Wildman–Crippen LogP) is 1.72. The molecule has 1 aromatic rings. The highest BCUT2D eigenvalue weighted by Gasteiger charge is 2.27. The quantitative estimate of drug-likeness (QED) is 0.858. The summed E-state index contributed by atoms with van der Waals surface area (Å²) in [5.41, 5.74) is 1.02. The number of thiophene rings is 1. The molecule has 19 heavy (non-hydrogen) atoms. The van der Waals surface area contributed by atoms with Crippen LogP contribution in [0, 0.1) is 0 Å². The van der Waals surface area contributed by atoms with Crippen molar-refractivity contribution in [3.63, 3.8) is 0 Å². The largest absolute Gasteiger partial charge is 0.453 e. The molecule has 5 nitrogen and oxygen atoms in total. The number of nitrogens with one attached hydrogen (secondary N) is 1. The van der Waals surface area contributed by atoms with Gasteiger partial charge < -0.3 is 15.0 Å². The maximum absolute atomic E-state index is 11.7. The second kappa shape index (κ2) is 6.38. The third kappa shape index (κ3) is 3.82. The van der Waals surface area contributed by atoms with E-state index in [1.54, 1.807) is 22.3 Å². The monoisotopic (exact) mass is 280 g/mol. The third-order valence-corrected chi connectivity index (χ3v) is 3.64. The molecule has 2 amide bonds. The molecule has 1 saturated heterocycles. The Kier molecular flexibility index (Phi) is 4.57. The fraction of sp³-hybridized carbons (Fsp3) is 0.385. The predicted molar refractivity (Wildman–Crippen MR) is 73.9 cm³/mol. The van der Waals surface area contributed by atoms with Crippen LogP contribution in [-0.4, -0.2) is 43.1 Å². The fourth-order valence-electron chi connectivity index (χ4n) is 1.96. The number of ether oxygens (including phenoxy) is 1. The van der Waals surface area contributed by atoms with Crippen molar-refractivity contribution in [3.05, 3.63) is 28.5 Å². The summed E-state index contributed by atoms with van der Waals surface area (Å²) in [4.78, 5) is 24.6. The Balaban J connectivity index is 1.79. The molecule has 1 aromatic heterocycles. The van der Waals surface area contributed by atoms with E-state index in [1.807, 2.05) is 16.8 Å². The van der Waals surface area contributed by atoms with E-state index >= 15 is 0 Å². The van der Waals surface area contributed by atoms with Crippen molar-refractivity contribution >= 4 is 29.4 Å². The summed E-state index contributed by atoms with van der Waals surface area (Å²) in [6.45, 7) is 1.12. The van der Waals surface area contributed by atoms with Gasteiger partial charge in [0.25, 0.3) is 0 Å². The van der Waals surface area contributed by atoms with E-state index in [0.29, 0.717) is 13.1 Å². The molecule has 0 saturated carbocycles. The van der Waals surface area contributed by atoms with E-state index in [2.05, 4.69) is 10.1 Å². The third-order valence-electron chi connectivity index (χ3n) is 2.94. The second-order valence-electron chi connectivity index (χ2n) is 4.30. The molecule has 1 fully saturated rings. The summed E-state index contributed by atoms with van der Waals surface area (Å²) in [6, 6.07) is 1.95. The van der Waals surface area contributed by atoms with Gasteiger partial charge in [0.15, 0.2) is 0 Å². The van der Waals surface area contributed by atoms with Gasteiger partial charge >= 0.3 is 6.09 Å². The maximum Gasteiger partial charge on any atom is 0.409 e. The zero-order valence-electron chi connectivity index (χ0n) is 10.7. The summed E-state index contributed by atoms with van der Waals surface area (Å²) in [6.07, 6.45) is 3.71. The summed E-state index contributed by atoms with van der Waals surface area (Å²) in [5, 5.41) is 6.81. The average molecular weight is 280 g/mol. The van der Waals surface area contributed by atoms with Gasteiger partial charge in [-0.1, -0.05) is 0 Å². The Morgan fingerprint density at radius 2 is 2.42 bits per heavy atom. The molecular weight excluding hydrogens is 264 g/mol. The van der Waals surface area contributed by atoms with Gasteiger partial charge in [-0.3, -0.25) is 4.79 Å². The number of amides is 2. The minimum absolute atomic E-state index is 0.00118. The van der Waals surface area contributed by atoms with Gasteiger partial charge in [0.05, 0.1) is 7.11 Å². The van der Waals surface area contributed by atoms with Crippen molar-refractivity contribution in [1.82, 2.24) is 10.2 Å². The molecule has 1 aliphatic heterocycles. The molecule has 2 rings (SSSR count). The Bertz CT molecular complexity index is 470. The lowest BCUT2D eigenvalue weighted by Crippen LogP contribution is -2.37. The van der Waals surface area contributed by atoms with Gasteiger partial charge in [-0.2, -0.15) is 11.3 Å². The second-order valence-corrected chi connectivity index (χ2v) is 5.08. The van der Waals surface area contributed by atoms with Crippen LogP contribution in [0.1, 0.15) is 12.0 Å². The highest BCUT2D eigenvalue weighted by molar-refractivity contribution is 7.08. The van der Waals surface area contributed by atoms with E-state index in [9.17, 15) is 9.59 Å². The van der Waals surface area contributed by atoms with Crippen LogP contribution in [0.25, 0.3) is 6.08 Å². The van der Waals surface area contributed by atoms with Crippen molar-refractivity contribution in [1.29, 1.82) is 0 Å². The van der Waals surface area contributed by atoms with Gasteiger partial charge in [-0.15, -0.1) is 0 Å². The molecule has 0 radical (unpaired) electrons. The molecule has 6 heteroatoms. The van der Waals surface area contributed by atoms with Crippen LogP contribution in [0.4, 0.5) is 4.79 Å². The Hall–Kier alpha value is -1.82. The van der Waals surface area contributed by atoms with E-state index < -0.39 is 0 Å². The van der Waals surface area contributed by atoms with E-state index in [0.717, 1.165) is 12.0 Å². The highest BCUT2D eigenvalue weighted by Crippen LogP contribution is 2.11. The number of methoxy groups -OCH3 is 1. The number of hydrogen-bond donors (Lipinski definition) is 1. The zero-order valence-corrected chi connectivity index (χ0v) is 11.5. The summed E-state index contributed by atoms with van der Waals surface area (Å²) in [5.74, 6) is -0.136. The molecule has 1 unspecified atom stereocenters. The molecule has 1 aliphatic rings. The molecule has 0 aromatic carbocycles. The lowest BCUT2D eigenvalue weighted by Gasteiger charge is -2.14. The van der Waals surface area contributed by atoms with Crippen molar-refractivity contribution in [3.8, 4) is 0 Å². The standard InChI is InChI=1S/C13H16N2O3S/c1-18-13(17)15-6-4-11(8-15)14-12(16)3-2-10-5-7-19-9-10/h2-3,5,7,9,11H,4,6,8H2,1H3,(H,14,16)/b3-2+. The van der Waals surface area contributed by atoms with Crippen molar-refractivity contribution in [2.45, 2.75) is 12.5 Å². The zero-order chi connectivity index (χ0) is 13.7. The van der Waals surface area contributed by atoms with Gasteiger partial charge in [-0.05, 0) is 34.9 Å². The molecule has 0 spiro atoms. The Morgan fingerprint density at radius 1 is 1.58 bits per heavy atom. The highest BCUT2D eigenvalue weighted by atomic mass is 32.1. The Labute approximate surface area is 115 Å². The molecule has 2 heterocycles.